The summed E-state index contributed by atoms with van der Waals surface area (Å²) in [4.78, 5) is 28.2. The molecular formula is C19H27N3O4. The van der Waals surface area contributed by atoms with E-state index < -0.39 is 0 Å². The molecular weight excluding hydrogens is 334 g/mol. The summed E-state index contributed by atoms with van der Waals surface area (Å²) in [5.74, 6) is 0.768. The van der Waals surface area contributed by atoms with Gasteiger partial charge in [-0.3, -0.25) is 0 Å². The molecule has 0 aliphatic carbocycles. The number of aryl methyl sites for hydroxylation is 1. The van der Waals surface area contributed by atoms with E-state index in [1.807, 2.05) is 36.9 Å². The lowest BCUT2D eigenvalue weighted by atomic mass is 10.0. The fraction of sp³-hybridized carbons (Fsp3) is 0.579. The van der Waals surface area contributed by atoms with Gasteiger partial charge in [0.2, 0.25) is 0 Å². The number of urea groups is 1. The Morgan fingerprint density at radius 2 is 2.08 bits per heavy atom. The summed E-state index contributed by atoms with van der Waals surface area (Å²) >= 11 is 0. The smallest absolute Gasteiger partial charge is 0.410 e. The lowest BCUT2D eigenvalue weighted by Crippen LogP contribution is -2.48. The molecule has 3 rings (SSSR count). The number of likely N-dealkylation sites (tertiary alicyclic amines) is 1. The standard InChI is InChI=1S/C19H27N3O4/c1-4-15-12-22(19(24)26-15)14-7-9-21(10-8-14)18(23)20-17-6-5-16(25-3)11-13(17)2/h5-6,11,14-15H,4,7-10,12H2,1-3H3,(H,20,23). The molecule has 142 valence electrons. The zero-order valence-corrected chi connectivity index (χ0v) is 15.7. The van der Waals surface area contributed by atoms with Gasteiger partial charge in [-0.15, -0.1) is 0 Å². The van der Waals surface area contributed by atoms with Crippen LogP contribution < -0.4 is 10.1 Å². The molecule has 1 N–H and O–H groups in total. The number of nitrogens with one attached hydrogen (secondary N) is 1. The van der Waals surface area contributed by atoms with Gasteiger partial charge in [-0.1, -0.05) is 6.92 Å². The third-order valence-corrected chi connectivity index (χ3v) is 5.23. The maximum atomic E-state index is 12.5. The topological polar surface area (TPSA) is 71.1 Å². The van der Waals surface area contributed by atoms with E-state index in [0.717, 1.165) is 36.3 Å². The van der Waals surface area contributed by atoms with Crippen molar-refractivity contribution in [2.24, 2.45) is 0 Å². The first-order valence-corrected chi connectivity index (χ1v) is 9.19. The van der Waals surface area contributed by atoms with E-state index in [4.69, 9.17) is 9.47 Å². The van der Waals surface area contributed by atoms with Gasteiger partial charge in [-0.05, 0) is 49.9 Å². The molecule has 3 amide bonds. The molecule has 2 saturated heterocycles. The zero-order chi connectivity index (χ0) is 18.7. The first kappa shape index (κ1) is 18.4. The summed E-state index contributed by atoms with van der Waals surface area (Å²) in [7, 11) is 1.62. The second-order valence-electron chi connectivity index (χ2n) is 6.90. The molecule has 1 unspecified atom stereocenters. The minimum Gasteiger partial charge on any atom is -0.497 e. The van der Waals surface area contributed by atoms with Crippen molar-refractivity contribution in [2.45, 2.75) is 45.3 Å². The Balaban J connectivity index is 1.53. The summed E-state index contributed by atoms with van der Waals surface area (Å²) in [6.07, 6.45) is 2.18. The highest BCUT2D eigenvalue weighted by Gasteiger charge is 2.37. The monoisotopic (exact) mass is 361 g/mol. The van der Waals surface area contributed by atoms with Crippen LogP contribution in [0, 0.1) is 6.92 Å². The van der Waals surface area contributed by atoms with Crippen molar-refractivity contribution in [1.82, 2.24) is 9.80 Å². The molecule has 2 aliphatic heterocycles. The van der Waals surface area contributed by atoms with Crippen LogP contribution in [0.25, 0.3) is 0 Å². The van der Waals surface area contributed by atoms with E-state index in [2.05, 4.69) is 5.32 Å². The van der Waals surface area contributed by atoms with Gasteiger partial charge in [-0.25, -0.2) is 9.59 Å². The average molecular weight is 361 g/mol. The van der Waals surface area contributed by atoms with Crippen LogP contribution in [0.4, 0.5) is 15.3 Å². The Bertz CT molecular complexity index is 671. The van der Waals surface area contributed by atoms with E-state index in [-0.39, 0.29) is 24.3 Å². The molecule has 0 bridgehead atoms. The number of nitrogens with zero attached hydrogens (tertiary/aromatic N) is 2. The Kier molecular flexibility index (Phi) is 5.54. The minimum absolute atomic E-state index is 0.00174. The summed E-state index contributed by atoms with van der Waals surface area (Å²) in [6.45, 7) is 5.89. The van der Waals surface area contributed by atoms with Crippen molar-refractivity contribution in [3.8, 4) is 5.75 Å². The predicted octanol–water partition coefficient (Wildman–Crippen LogP) is 3.23. The van der Waals surface area contributed by atoms with E-state index in [0.29, 0.717) is 19.6 Å². The van der Waals surface area contributed by atoms with E-state index in [1.165, 1.54) is 0 Å². The summed E-state index contributed by atoms with van der Waals surface area (Å²) < 4.78 is 10.5. The number of benzene rings is 1. The van der Waals surface area contributed by atoms with Gasteiger partial charge in [0, 0.05) is 24.8 Å². The second kappa shape index (κ2) is 7.85. The molecule has 2 heterocycles. The number of carbonyl (C=O) groups excluding carboxylic acids is 2. The average Bonchev–Trinajstić information content (AvgIpc) is 3.04. The third-order valence-electron chi connectivity index (χ3n) is 5.23. The fourth-order valence-corrected chi connectivity index (χ4v) is 3.53. The van der Waals surface area contributed by atoms with Crippen LogP contribution in [0.15, 0.2) is 18.2 Å². The Labute approximate surface area is 154 Å². The number of ether oxygens (including phenoxy) is 2. The first-order valence-electron chi connectivity index (χ1n) is 9.19. The number of cyclic esters (lactones) is 1. The quantitative estimate of drug-likeness (QED) is 0.894. The molecule has 7 heteroatoms. The molecule has 7 nitrogen and oxygen atoms in total. The second-order valence-corrected chi connectivity index (χ2v) is 6.90. The number of carbonyl (C=O) groups is 2. The third kappa shape index (κ3) is 3.86. The van der Waals surface area contributed by atoms with Crippen molar-refractivity contribution in [2.75, 3.05) is 32.1 Å². The van der Waals surface area contributed by atoms with Gasteiger partial charge in [0.15, 0.2) is 0 Å². The van der Waals surface area contributed by atoms with Crippen molar-refractivity contribution in [3.63, 3.8) is 0 Å². The normalized spacial score (nSPS) is 20.9. The van der Waals surface area contributed by atoms with Gasteiger partial charge in [0.05, 0.1) is 13.7 Å². The lowest BCUT2D eigenvalue weighted by molar-refractivity contribution is 0.116. The minimum atomic E-state index is -0.214. The summed E-state index contributed by atoms with van der Waals surface area (Å²) in [5, 5.41) is 2.97. The maximum absolute atomic E-state index is 12.5. The van der Waals surface area contributed by atoms with Crippen LogP contribution in [-0.4, -0.2) is 60.8 Å². The van der Waals surface area contributed by atoms with Crippen molar-refractivity contribution in [3.05, 3.63) is 23.8 Å². The predicted molar refractivity (Wildman–Crippen MR) is 98.6 cm³/mol. The highest BCUT2D eigenvalue weighted by Crippen LogP contribution is 2.25. The number of methoxy groups -OCH3 is 1. The van der Waals surface area contributed by atoms with Crippen molar-refractivity contribution >= 4 is 17.8 Å². The zero-order valence-electron chi connectivity index (χ0n) is 15.7. The molecule has 1 aromatic rings. The van der Waals surface area contributed by atoms with E-state index in [1.54, 1.807) is 12.0 Å². The highest BCUT2D eigenvalue weighted by molar-refractivity contribution is 5.90. The van der Waals surface area contributed by atoms with Crippen LogP contribution >= 0.6 is 0 Å². The van der Waals surface area contributed by atoms with Crippen LogP contribution in [0.5, 0.6) is 5.75 Å². The fourth-order valence-electron chi connectivity index (χ4n) is 3.53. The number of rotatable bonds is 4. The molecule has 1 atom stereocenters. The lowest BCUT2D eigenvalue weighted by Gasteiger charge is -2.35. The van der Waals surface area contributed by atoms with Gasteiger partial charge < -0.3 is 24.6 Å². The largest absolute Gasteiger partial charge is 0.497 e. The molecule has 0 aromatic heterocycles. The van der Waals surface area contributed by atoms with Gasteiger partial charge >= 0.3 is 12.1 Å². The molecule has 26 heavy (non-hydrogen) atoms. The molecule has 0 spiro atoms. The number of anilines is 1. The van der Waals surface area contributed by atoms with Crippen LogP contribution in [0.3, 0.4) is 0 Å². The van der Waals surface area contributed by atoms with E-state index in [9.17, 15) is 9.59 Å². The maximum Gasteiger partial charge on any atom is 0.410 e. The Morgan fingerprint density at radius 1 is 1.35 bits per heavy atom. The van der Waals surface area contributed by atoms with Gasteiger partial charge in [-0.2, -0.15) is 0 Å². The first-order chi connectivity index (χ1) is 12.5. The number of hydrogen-bond acceptors (Lipinski definition) is 4. The molecule has 1 aromatic carbocycles. The molecule has 2 fully saturated rings. The molecule has 2 aliphatic rings. The van der Waals surface area contributed by atoms with Gasteiger partial charge in [0.1, 0.15) is 11.9 Å². The number of amides is 3. The summed E-state index contributed by atoms with van der Waals surface area (Å²) in [5.41, 5.74) is 1.74. The molecule has 0 radical (unpaired) electrons. The Hall–Kier alpha value is -2.44. The SMILES string of the molecule is CCC1CN(C2CCN(C(=O)Nc3ccc(OC)cc3C)CC2)C(=O)O1. The van der Waals surface area contributed by atoms with Gasteiger partial charge in [0.25, 0.3) is 0 Å². The van der Waals surface area contributed by atoms with Crippen molar-refractivity contribution < 1.29 is 19.1 Å². The van der Waals surface area contributed by atoms with E-state index >= 15 is 0 Å². The number of hydrogen-bond donors (Lipinski definition) is 1. The number of piperidine rings is 1. The van der Waals surface area contributed by atoms with Crippen molar-refractivity contribution in [1.29, 1.82) is 0 Å². The van der Waals surface area contributed by atoms with Crippen LogP contribution in [-0.2, 0) is 4.74 Å². The van der Waals surface area contributed by atoms with Crippen LogP contribution in [0.2, 0.25) is 0 Å². The highest BCUT2D eigenvalue weighted by atomic mass is 16.6. The Morgan fingerprint density at radius 3 is 2.65 bits per heavy atom. The summed E-state index contributed by atoms with van der Waals surface area (Å²) in [6, 6.07) is 5.63. The van der Waals surface area contributed by atoms with Crippen LogP contribution in [0.1, 0.15) is 31.7 Å². The molecule has 0 saturated carbocycles.